The molecule has 0 radical (unpaired) electrons. The maximum atomic E-state index is 11.2. The molecular weight excluding hydrogens is 188 g/mol. The summed E-state index contributed by atoms with van der Waals surface area (Å²) in [6.07, 6.45) is 6.36. The second-order valence-corrected chi connectivity index (χ2v) is 5.17. The van der Waals surface area contributed by atoms with Crippen LogP contribution in [0.5, 0.6) is 0 Å². The topological polar surface area (TPSA) is 41.1 Å². The standard InChI is InChI=1S/C12H22N2O/c1-9-7-10(8-9)3-2-5-13-11-4-6-14-12(11)15/h9-11,13H,2-8H2,1H3,(H,14,15)/t9?,10?,11-/m0/s1. The molecule has 1 saturated heterocycles. The average Bonchev–Trinajstić information content (AvgIpc) is 2.55. The van der Waals surface area contributed by atoms with Crippen molar-refractivity contribution in [3.05, 3.63) is 0 Å². The minimum absolute atomic E-state index is 0.0883. The molecule has 3 nitrogen and oxygen atoms in total. The van der Waals surface area contributed by atoms with E-state index < -0.39 is 0 Å². The van der Waals surface area contributed by atoms with Crippen molar-refractivity contribution < 1.29 is 4.79 Å². The molecule has 15 heavy (non-hydrogen) atoms. The highest BCUT2D eigenvalue weighted by atomic mass is 16.2. The molecule has 2 aliphatic rings. The monoisotopic (exact) mass is 210 g/mol. The Labute approximate surface area is 92.0 Å². The van der Waals surface area contributed by atoms with Gasteiger partial charge in [0.25, 0.3) is 0 Å². The summed E-state index contributed by atoms with van der Waals surface area (Å²) in [5.41, 5.74) is 0. The number of carbonyl (C=O) groups excluding carboxylic acids is 1. The Morgan fingerprint density at radius 1 is 1.47 bits per heavy atom. The molecule has 0 aromatic carbocycles. The Kier molecular flexibility index (Phi) is 3.62. The normalized spacial score (nSPS) is 35.0. The van der Waals surface area contributed by atoms with E-state index in [4.69, 9.17) is 0 Å². The van der Waals surface area contributed by atoms with Crippen LogP contribution >= 0.6 is 0 Å². The van der Waals surface area contributed by atoms with Crippen LogP contribution in [-0.2, 0) is 4.79 Å². The molecular formula is C12H22N2O. The zero-order valence-electron chi connectivity index (χ0n) is 9.59. The van der Waals surface area contributed by atoms with Crippen molar-refractivity contribution in [2.45, 2.75) is 45.1 Å². The molecule has 0 spiro atoms. The van der Waals surface area contributed by atoms with Crippen LogP contribution < -0.4 is 10.6 Å². The van der Waals surface area contributed by atoms with E-state index >= 15 is 0 Å². The van der Waals surface area contributed by atoms with Crippen molar-refractivity contribution in [3.8, 4) is 0 Å². The van der Waals surface area contributed by atoms with Gasteiger partial charge in [0.1, 0.15) is 0 Å². The molecule has 0 aromatic rings. The van der Waals surface area contributed by atoms with Crippen LogP contribution in [0.2, 0.25) is 0 Å². The summed E-state index contributed by atoms with van der Waals surface area (Å²) in [6.45, 7) is 4.18. The highest BCUT2D eigenvalue weighted by Crippen LogP contribution is 2.35. The maximum absolute atomic E-state index is 11.2. The third-order valence-electron chi connectivity index (χ3n) is 3.70. The predicted octanol–water partition coefficient (Wildman–Crippen LogP) is 1.29. The Morgan fingerprint density at radius 3 is 2.87 bits per heavy atom. The Balaban J connectivity index is 1.50. The molecule has 1 aliphatic heterocycles. The van der Waals surface area contributed by atoms with Crippen LogP contribution in [0.25, 0.3) is 0 Å². The second-order valence-electron chi connectivity index (χ2n) is 5.17. The van der Waals surface area contributed by atoms with E-state index in [9.17, 15) is 4.79 Å². The van der Waals surface area contributed by atoms with Crippen molar-refractivity contribution in [2.24, 2.45) is 11.8 Å². The third-order valence-corrected chi connectivity index (χ3v) is 3.70. The lowest BCUT2D eigenvalue weighted by Gasteiger charge is -2.32. The van der Waals surface area contributed by atoms with Crippen LogP contribution in [0, 0.1) is 11.8 Å². The van der Waals surface area contributed by atoms with Crippen molar-refractivity contribution in [1.29, 1.82) is 0 Å². The van der Waals surface area contributed by atoms with E-state index in [1.165, 1.54) is 25.7 Å². The smallest absolute Gasteiger partial charge is 0.237 e. The Hall–Kier alpha value is -0.570. The van der Waals surface area contributed by atoms with Gasteiger partial charge >= 0.3 is 0 Å². The lowest BCUT2D eigenvalue weighted by Crippen LogP contribution is -2.37. The van der Waals surface area contributed by atoms with Crippen LogP contribution in [0.4, 0.5) is 0 Å². The molecule has 0 aromatic heterocycles. The first-order chi connectivity index (χ1) is 7.25. The summed E-state index contributed by atoms with van der Waals surface area (Å²) in [4.78, 5) is 11.2. The summed E-state index contributed by atoms with van der Waals surface area (Å²) in [7, 11) is 0. The fraction of sp³-hybridized carbons (Fsp3) is 0.917. The van der Waals surface area contributed by atoms with E-state index in [1.807, 2.05) is 0 Å². The Bertz CT molecular complexity index is 224. The van der Waals surface area contributed by atoms with Gasteiger partial charge in [0.2, 0.25) is 5.91 Å². The van der Waals surface area contributed by atoms with Crippen LogP contribution in [0.1, 0.15) is 39.0 Å². The van der Waals surface area contributed by atoms with Crippen molar-refractivity contribution in [3.63, 3.8) is 0 Å². The van der Waals surface area contributed by atoms with E-state index in [-0.39, 0.29) is 11.9 Å². The zero-order valence-corrected chi connectivity index (χ0v) is 9.59. The van der Waals surface area contributed by atoms with E-state index in [1.54, 1.807) is 0 Å². The summed E-state index contributed by atoms with van der Waals surface area (Å²) in [5, 5.41) is 6.18. The molecule has 0 bridgehead atoms. The van der Waals surface area contributed by atoms with E-state index in [2.05, 4.69) is 17.6 Å². The minimum atomic E-state index is 0.0883. The Morgan fingerprint density at radius 2 is 2.27 bits per heavy atom. The van der Waals surface area contributed by atoms with Crippen LogP contribution in [0.3, 0.4) is 0 Å². The molecule has 2 N–H and O–H groups in total. The fourth-order valence-electron chi connectivity index (χ4n) is 2.76. The number of hydrogen-bond acceptors (Lipinski definition) is 2. The zero-order chi connectivity index (χ0) is 10.7. The van der Waals surface area contributed by atoms with Crippen LogP contribution in [0.15, 0.2) is 0 Å². The van der Waals surface area contributed by atoms with Gasteiger partial charge in [-0.05, 0) is 50.5 Å². The molecule has 3 heteroatoms. The van der Waals surface area contributed by atoms with Gasteiger partial charge in [-0.2, -0.15) is 0 Å². The number of rotatable bonds is 5. The SMILES string of the molecule is CC1CC(CCCN[C@H]2CCNC2=O)C1. The lowest BCUT2D eigenvalue weighted by molar-refractivity contribution is -0.120. The first kappa shape index (κ1) is 10.9. The van der Waals surface area contributed by atoms with Gasteiger partial charge in [0, 0.05) is 6.54 Å². The maximum Gasteiger partial charge on any atom is 0.237 e. The summed E-state index contributed by atoms with van der Waals surface area (Å²) < 4.78 is 0. The largest absolute Gasteiger partial charge is 0.355 e. The summed E-state index contributed by atoms with van der Waals surface area (Å²) in [6, 6.07) is 0.0883. The average molecular weight is 210 g/mol. The van der Waals surface area contributed by atoms with Gasteiger partial charge in [0.05, 0.1) is 6.04 Å². The molecule has 1 amide bonds. The molecule has 1 aliphatic carbocycles. The van der Waals surface area contributed by atoms with Crippen molar-refractivity contribution in [1.82, 2.24) is 10.6 Å². The van der Waals surface area contributed by atoms with E-state index in [0.29, 0.717) is 0 Å². The highest BCUT2D eigenvalue weighted by molar-refractivity contribution is 5.83. The molecule has 2 rings (SSSR count). The molecule has 86 valence electrons. The third kappa shape index (κ3) is 2.94. The number of hydrogen-bond donors (Lipinski definition) is 2. The van der Waals surface area contributed by atoms with Gasteiger partial charge in [-0.3, -0.25) is 4.79 Å². The minimum Gasteiger partial charge on any atom is -0.355 e. The number of amides is 1. The van der Waals surface area contributed by atoms with Gasteiger partial charge < -0.3 is 10.6 Å². The predicted molar refractivity (Wildman–Crippen MR) is 60.5 cm³/mol. The first-order valence-electron chi connectivity index (χ1n) is 6.27. The highest BCUT2D eigenvalue weighted by Gasteiger charge is 2.25. The lowest BCUT2D eigenvalue weighted by atomic mass is 9.74. The van der Waals surface area contributed by atoms with Gasteiger partial charge in [-0.15, -0.1) is 0 Å². The van der Waals surface area contributed by atoms with Gasteiger partial charge in [0.15, 0.2) is 0 Å². The first-order valence-corrected chi connectivity index (χ1v) is 6.27. The van der Waals surface area contributed by atoms with Crippen molar-refractivity contribution in [2.75, 3.05) is 13.1 Å². The van der Waals surface area contributed by atoms with E-state index in [0.717, 1.165) is 31.3 Å². The van der Waals surface area contributed by atoms with Gasteiger partial charge in [-0.25, -0.2) is 0 Å². The van der Waals surface area contributed by atoms with Crippen molar-refractivity contribution >= 4 is 5.91 Å². The summed E-state index contributed by atoms with van der Waals surface area (Å²) >= 11 is 0. The second kappa shape index (κ2) is 4.97. The molecule has 0 unspecified atom stereocenters. The number of nitrogens with one attached hydrogen (secondary N) is 2. The molecule has 2 fully saturated rings. The quantitative estimate of drug-likeness (QED) is 0.671. The summed E-state index contributed by atoms with van der Waals surface area (Å²) in [5.74, 6) is 2.12. The van der Waals surface area contributed by atoms with Crippen LogP contribution in [-0.4, -0.2) is 25.0 Å². The molecule has 1 saturated carbocycles. The fourth-order valence-corrected chi connectivity index (χ4v) is 2.76. The number of carbonyl (C=O) groups is 1. The molecule has 1 atom stereocenters. The van der Waals surface area contributed by atoms with Gasteiger partial charge in [-0.1, -0.05) is 6.92 Å². The molecule has 1 heterocycles.